The summed E-state index contributed by atoms with van der Waals surface area (Å²) in [6, 6.07) is 8.35. The van der Waals surface area contributed by atoms with Gasteiger partial charge in [-0.05, 0) is 31.5 Å². The Kier molecular flexibility index (Phi) is 3.38. The molecule has 0 N–H and O–H groups in total. The van der Waals surface area contributed by atoms with Crippen LogP contribution in [0.1, 0.15) is 32.3 Å². The number of hydrogen-bond acceptors (Lipinski definition) is 2. The molecular formula is C13H17BrO2. The van der Waals surface area contributed by atoms with Crippen LogP contribution < -0.4 is 0 Å². The van der Waals surface area contributed by atoms with E-state index in [2.05, 4.69) is 41.1 Å². The summed E-state index contributed by atoms with van der Waals surface area (Å²) in [4.78, 5) is 0. The van der Waals surface area contributed by atoms with E-state index in [9.17, 15) is 0 Å². The van der Waals surface area contributed by atoms with Crippen molar-refractivity contribution in [2.24, 2.45) is 0 Å². The van der Waals surface area contributed by atoms with Crippen LogP contribution in [0, 0.1) is 0 Å². The van der Waals surface area contributed by atoms with Gasteiger partial charge in [-0.1, -0.05) is 35.0 Å². The second kappa shape index (κ2) is 4.47. The van der Waals surface area contributed by atoms with Gasteiger partial charge >= 0.3 is 0 Å². The highest BCUT2D eigenvalue weighted by molar-refractivity contribution is 9.10. The molecule has 1 heterocycles. The minimum Gasteiger partial charge on any atom is -0.348 e. The number of ether oxygens (including phenoxy) is 2. The molecule has 1 aromatic carbocycles. The summed E-state index contributed by atoms with van der Waals surface area (Å²) in [5, 5.41) is 0. The molecule has 0 saturated carbocycles. The molecule has 0 amide bonds. The molecule has 16 heavy (non-hydrogen) atoms. The van der Waals surface area contributed by atoms with E-state index in [1.165, 1.54) is 5.56 Å². The Labute approximate surface area is 105 Å². The monoisotopic (exact) mass is 284 g/mol. The van der Waals surface area contributed by atoms with Gasteiger partial charge in [0.25, 0.3) is 0 Å². The third-order valence-corrected chi connectivity index (χ3v) is 3.46. The van der Waals surface area contributed by atoms with Crippen molar-refractivity contribution in [1.29, 1.82) is 0 Å². The number of benzene rings is 1. The molecule has 2 atom stereocenters. The third kappa shape index (κ3) is 2.65. The van der Waals surface area contributed by atoms with Gasteiger partial charge < -0.3 is 9.47 Å². The highest BCUT2D eigenvalue weighted by Crippen LogP contribution is 2.32. The average molecular weight is 285 g/mol. The lowest BCUT2D eigenvalue weighted by molar-refractivity contribution is -0.140. The lowest BCUT2D eigenvalue weighted by Crippen LogP contribution is -2.24. The molecular weight excluding hydrogens is 268 g/mol. The lowest BCUT2D eigenvalue weighted by Gasteiger charge is -2.21. The van der Waals surface area contributed by atoms with E-state index in [4.69, 9.17) is 9.47 Å². The minimum absolute atomic E-state index is 0.143. The van der Waals surface area contributed by atoms with Crippen molar-refractivity contribution in [3.63, 3.8) is 0 Å². The van der Waals surface area contributed by atoms with E-state index >= 15 is 0 Å². The van der Waals surface area contributed by atoms with Gasteiger partial charge in [-0.15, -0.1) is 0 Å². The van der Waals surface area contributed by atoms with Gasteiger partial charge in [-0.3, -0.25) is 0 Å². The normalized spacial score (nSPS) is 25.6. The van der Waals surface area contributed by atoms with Gasteiger partial charge in [0.1, 0.15) is 0 Å². The molecule has 1 fully saturated rings. The first kappa shape index (κ1) is 12.1. The molecule has 1 aliphatic rings. The molecule has 2 rings (SSSR count). The lowest BCUT2D eigenvalue weighted by atomic mass is 9.96. The zero-order valence-corrected chi connectivity index (χ0v) is 11.5. The first-order valence-electron chi connectivity index (χ1n) is 5.55. The molecule has 0 aliphatic carbocycles. The van der Waals surface area contributed by atoms with Crippen LogP contribution in [0.3, 0.4) is 0 Å². The maximum atomic E-state index is 5.87. The summed E-state index contributed by atoms with van der Waals surface area (Å²) < 4.78 is 12.6. The molecule has 0 unspecified atom stereocenters. The van der Waals surface area contributed by atoms with Crippen LogP contribution in [0.15, 0.2) is 28.7 Å². The summed E-state index contributed by atoms with van der Waals surface area (Å²) >= 11 is 3.49. The number of rotatable bonds is 2. The van der Waals surface area contributed by atoms with Crippen LogP contribution in [0.25, 0.3) is 0 Å². The zero-order valence-electron chi connectivity index (χ0n) is 9.87. The van der Waals surface area contributed by atoms with Crippen LogP contribution in [-0.2, 0) is 9.47 Å². The van der Waals surface area contributed by atoms with Crippen molar-refractivity contribution in [3.8, 4) is 0 Å². The van der Waals surface area contributed by atoms with Gasteiger partial charge in [-0.2, -0.15) is 0 Å². The predicted molar refractivity (Wildman–Crippen MR) is 67.5 cm³/mol. The van der Waals surface area contributed by atoms with Crippen molar-refractivity contribution in [2.45, 2.75) is 38.6 Å². The Morgan fingerprint density at radius 3 is 2.75 bits per heavy atom. The Hall–Kier alpha value is -0.380. The largest absolute Gasteiger partial charge is 0.348 e. The Balaban J connectivity index is 2.11. The standard InChI is InChI=1S/C13H17BrO2/c1-9(10-5-4-6-11(14)7-10)12-8-15-13(2,3)16-12/h4-7,9,12H,8H2,1-3H3/t9-,12-/m0/s1. The summed E-state index contributed by atoms with van der Waals surface area (Å²) in [6.45, 7) is 6.76. The van der Waals surface area contributed by atoms with Crippen LogP contribution in [0.4, 0.5) is 0 Å². The van der Waals surface area contributed by atoms with E-state index in [-0.39, 0.29) is 6.10 Å². The summed E-state index contributed by atoms with van der Waals surface area (Å²) in [5.74, 6) is -0.0930. The second-order valence-electron chi connectivity index (χ2n) is 4.71. The molecule has 1 aromatic rings. The van der Waals surface area contributed by atoms with Crippen molar-refractivity contribution in [3.05, 3.63) is 34.3 Å². The third-order valence-electron chi connectivity index (χ3n) is 2.96. The highest BCUT2D eigenvalue weighted by atomic mass is 79.9. The summed E-state index contributed by atoms with van der Waals surface area (Å²) in [5.41, 5.74) is 1.28. The van der Waals surface area contributed by atoms with Gasteiger partial charge in [0.2, 0.25) is 0 Å². The van der Waals surface area contributed by atoms with Crippen LogP contribution in [0.5, 0.6) is 0 Å². The second-order valence-corrected chi connectivity index (χ2v) is 5.63. The quantitative estimate of drug-likeness (QED) is 0.824. The van der Waals surface area contributed by atoms with Crippen LogP contribution in [0.2, 0.25) is 0 Å². The van der Waals surface area contributed by atoms with E-state index in [0.29, 0.717) is 12.5 Å². The van der Waals surface area contributed by atoms with Crippen molar-refractivity contribution >= 4 is 15.9 Å². The molecule has 1 saturated heterocycles. The molecule has 3 heteroatoms. The number of hydrogen-bond donors (Lipinski definition) is 0. The van der Waals surface area contributed by atoms with E-state index < -0.39 is 5.79 Å². The van der Waals surface area contributed by atoms with Crippen LogP contribution >= 0.6 is 15.9 Å². The van der Waals surface area contributed by atoms with Gasteiger partial charge in [-0.25, -0.2) is 0 Å². The van der Waals surface area contributed by atoms with Crippen LogP contribution in [-0.4, -0.2) is 18.5 Å². The highest BCUT2D eigenvalue weighted by Gasteiger charge is 2.36. The zero-order chi connectivity index (χ0) is 11.8. The Morgan fingerprint density at radius 2 is 2.19 bits per heavy atom. The molecule has 0 spiro atoms. The van der Waals surface area contributed by atoms with Gasteiger partial charge in [0, 0.05) is 10.4 Å². The average Bonchev–Trinajstić information content (AvgIpc) is 2.58. The smallest absolute Gasteiger partial charge is 0.163 e. The van der Waals surface area contributed by atoms with E-state index in [1.54, 1.807) is 0 Å². The fraction of sp³-hybridized carbons (Fsp3) is 0.538. The summed E-state index contributed by atoms with van der Waals surface area (Å²) in [7, 11) is 0. The van der Waals surface area contributed by atoms with Crippen molar-refractivity contribution in [2.75, 3.05) is 6.61 Å². The SMILES string of the molecule is C[C@@H](c1cccc(Br)c1)[C@@H]1COC(C)(C)O1. The van der Waals surface area contributed by atoms with Crippen molar-refractivity contribution < 1.29 is 9.47 Å². The maximum Gasteiger partial charge on any atom is 0.163 e. The topological polar surface area (TPSA) is 18.5 Å². The summed E-state index contributed by atoms with van der Waals surface area (Å²) in [6.07, 6.45) is 0.143. The van der Waals surface area contributed by atoms with E-state index in [0.717, 1.165) is 4.47 Å². The maximum absolute atomic E-state index is 5.87. The van der Waals surface area contributed by atoms with Gasteiger partial charge in [0.05, 0.1) is 12.7 Å². The number of halogens is 1. The molecule has 0 bridgehead atoms. The fourth-order valence-electron chi connectivity index (χ4n) is 1.97. The first-order chi connectivity index (χ1) is 7.48. The molecule has 1 aliphatic heterocycles. The van der Waals surface area contributed by atoms with Crippen molar-refractivity contribution in [1.82, 2.24) is 0 Å². The molecule has 0 aromatic heterocycles. The molecule has 2 nitrogen and oxygen atoms in total. The van der Waals surface area contributed by atoms with E-state index in [1.807, 2.05) is 19.9 Å². The first-order valence-corrected chi connectivity index (χ1v) is 6.34. The Bertz CT molecular complexity index is 376. The molecule has 88 valence electrons. The minimum atomic E-state index is -0.440. The van der Waals surface area contributed by atoms with Gasteiger partial charge in [0.15, 0.2) is 5.79 Å². The predicted octanol–water partition coefficient (Wildman–Crippen LogP) is 3.70. The molecule has 0 radical (unpaired) electrons. The Morgan fingerprint density at radius 1 is 1.44 bits per heavy atom. The fourth-order valence-corrected chi connectivity index (χ4v) is 2.38.